The molecule has 1 saturated heterocycles. The molecule has 1 fully saturated rings. The Balaban J connectivity index is 1.27. The van der Waals surface area contributed by atoms with E-state index in [9.17, 15) is 9.18 Å². The van der Waals surface area contributed by atoms with Crippen molar-refractivity contribution >= 4 is 5.91 Å². The Morgan fingerprint density at radius 1 is 1.00 bits per heavy atom. The number of carbonyl (C=O) groups is 1. The van der Waals surface area contributed by atoms with Crippen LogP contribution in [-0.4, -0.2) is 40.5 Å². The number of pyridine rings is 1. The topological polar surface area (TPSA) is 57.3 Å². The lowest BCUT2D eigenvalue weighted by atomic mass is 10.1. The Morgan fingerprint density at radius 3 is 2.52 bits per heavy atom. The van der Waals surface area contributed by atoms with Gasteiger partial charge in [-0.1, -0.05) is 42.5 Å². The molecule has 0 spiro atoms. The minimum absolute atomic E-state index is 0.0601. The first-order valence-corrected chi connectivity index (χ1v) is 11.6. The van der Waals surface area contributed by atoms with Gasteiger partial charge >= 0.3 is 0 Å². The predicted octanol–water partition coefficient (Wildman–Crippen LogP) is 3.24. The zero-order valence-corrected chi connectivity index (χ0v) is 18.6. The molecule has 6 heteroatoms. The molecule has 0 unspecified atom stereocenters. The third-order valence-electron chi connectivity index (χ3n) is 6.81. The maximum Gasteiger partial charge on any atom is 0.237 e. The average molecular weight is 445 g/mol. The number of nitrogens with zero attached hydrogens (tertiary/aromatic N) is 2. The smallest absolute Gasteiger partial charge is 0.237 e. The van der Waals surface area contributed by atoms with E-state index in [0.717, 1.165) is 36.9 Å². The molecular formula is C27H29FN4O. The van der Waals surface area contributed by atoms with Gasteiger partial charge < -0.3 is 10.6 Å². The molecule has 33 heavy (non-hydrogen) atoms. The van der Waals surface area contributed by atoms with Gasteiger partial charge in [-0.25, -0.2) is 4.39 Å². The minimum atomic E-state index is -0.223. The molecule has 2 aliphatic rings. The maximum atomic E-state index is 13.6. The van der Waals surface area contributed by atoms with Gasteiger partial charge in [0.15, 0.2) is 0 Å². The molecule has 0 saturated carbocycles. The largest absolute Gasteiger partial charge is 0.351 e. The molecule has 2 aromatic carbocycles. The number of rotatable bonds is 7. The van der Waals surface area contributed by atoms with Gasteiger partial charge in [0.2, 0.25) is 5.91 Å². The van der Waals surface area contributed by atoms with Crippen LogP contribution in [0.3, 0.4) is 0 Å². The van der Waals surface area contributed by atoms with E-state index in [1.54, 1.807) is 24.5 Å². The van der Waals surface area contributed by atoms with Crippen LogP contribution in [0.25, 0.3) is 0 Å². The molecule has 1 amide bonds. The molecule has 0 bridgehead atoms. The van der Waals surface area contributed by atoms with E-state index >= 15 is 0 Å². The fraction of sp³-hybridized carbons (Fsp3) is 0.333. The first-order chi connectivity index (χ1) is 16.2. The van der Waals surface area contributed by atoms with Crippen LogP contribution in [0, 0.1) is 5.82 Å². The number of carbonyl (C=O) groups excluding carboxylic acids is 1. The maximum absolute atomic E-state index is 13.6. The minimum Gasteiger partial charge on any atom is -0.351 e. The Hall–Kier alpha value is -3.09. The lowest BCUT2D eigenvalue weighted by Crippen LogP contribution is -2.48. The number of nitrogens with one attached hydrogen (secondary N) is 2. The number of hydrogen-bond donors (Lipinski definition) is 2. The third kappa shape index (κ3) is 5.13. The van der Waals surface area contributed by atoms with E-state index in [2.05, 4.69) is 44.8 Å². The summed E-state index contributed by atoms with van der Waals surface area (Å²) in [6, 6.07) is 19.4. The van der Waals surface area contributed by atoms with Crippen LogP contribution in [-0.2, 0) is 30.7 Å². The van der Waals surface area contributed by atoms with Gasteiger partial charge in [0.25, 0.3) is 0 Å². The molecule has 5 rings (SSSR count). The summed E-state index contributed by atoms with van der Waals surface area (Å²) in [4.78, 5) is 19.8. The van der Waals surface area contributed by atoms with Crippen molar-refractivity contribution in [2.24, 2.45) is 0 Å². The highest BCUT2D eigenvalue weighted by Crippen LogP contribution is 2.31. The van der Waals surface area contributed by atoms with Crippen LogP contribution in [0.5, 0.6) is 0 Å². The van der Waals surface area contributed by atoms with Crippen molar-refractivity contribution in [2.75, 3.05) is 6.54 Å². The summed E-state index contributed by atoms with van der Waals surface area (Å²) in [6.07, 6.45) is 6.19. The van der Waals surface area contributed by atoms with Crippen LogP contribution in [0.2, 0.25) is 0 Å². The lowest BCUT2D eigenvalue weighted by Gasteiger charge is -2.29. The van der Waals surface area contributed by atoms with Gasteiger partial charge in [-0.15, -0.1) is 0 Å². The molecule has 1 aliphatic heterocycles. The monoisotopic (exact) mass is 444 g/mol. The summed E-state index contributed by atoms with van der Waals surface area (Å²) in [7, 11) is 0. The molecule has 2 atom stereocenters. The van der Waals surface area contributed by atoms with E-state index in [1.165, 1.54) is 17.2 Å². The zero-order valence-electron chi connectivity index (χ0n) is 18.6. The zero-order chi connectivity index (χ0) is 22.6. The number of amides is 1. The number of hydrogen-bond acceptors (Lipinski definition) is 4. The summed E-state index contributed by atoms with van der Waals surface area (Å²) in [5.41, 5.74) is 4.67. The van der Waals surface area contributed by atoms with Crippen molar-refractivity contribution in [3.05, 3.63) is 101 Å². The van der Waals surface area contributed by atoms with E-state index in [-0.39, 0.29) is 23.8 Å². The molecular weight excluding hydrogens is 415 g/mol. The summed E-state index contributed by atoms with van der Waals surface area (Å²) in [5, 5.41) is 6.68. The first kappa shape index (κ1) is 21.7. The molecule has 2 heterocycles. The second kappa shape index (κ2) is 9.81. The van der Waals surface area contributed by atoms with Crippen LogP contribution >= 0.6 is 0 Å². The van der Waals surface area contributed by atoms with Gasteiger partial charge in [0, 0.05) is 44.1 Å². The van der Waals surface area contributed by atoms with Crippen LogP contribution in [0.15, 0.2) is 73.1 Å². The standard InChI is InChI=1S/C27H29FN4O/c28-23-9-3-5-19(11-23)16-30-24-14-26(27(33)31-17-20-6-4-10-29-15-20)32(18-24)25-12-21-7-1-2-8-22(21)13-25/h1-11,15,24-26,30H,12-14,16-18H2,(H,31,33)/t24-,26-/m0/s1. The van der Waals surface area contributed by atoms with E-state index in [1.807, 2.05) is 18.2 Å². The quantitative estimate of drug-likeness (QED) is 0.588. The number of benzene rings is 2. The van der Waals surface area contributed by atoms with Crippen LogP contribution in [0.1, 0.15) is 28.7 Å². The molecule has 1 aromatic heterocycles. The molecule has 1 aliphatic carbocycles. The number of halogens is 1. The summed E-state index contributed by atoms with van der Waals surface area (Å²) >= 11 is 0. The van der Waals surface area contributed by atoms with Crippen molar-refractivity contribution in [3.63, 3.8) is 0 Å². The number of likely N-dealkylation sites (tertiary alicyclic amines) is 1. The third-order valence-corrected chi connectivity index (χ3v) is 6.81. The summed E-state index contributed by atoms with van der Waals surface area (Å²) < 4.78 is 13.6. The number of fused-ring (bicyclic) bond motifs is 1. The molecule has 5 nitrogen and oxygen atoms in total. The van der Waals surface area contributed by atoms with Crippen molar-refractivity contribution in [2.45, 2.75) is 50.5 Å². The van der Waals surface area contributed by atoms with Gasteiger partial charge in [-0.2, -0.15) is 0 Å². The Labute approximate surface area is 194 Å². The Bertz CT molecular complexity index is 1080. The lowest BCUT2D eigenvalue weighted by molar-refractivity contribution is -0.126. The van der Waals surface area contributed by atoms with E-state index in [4.69, 9.17) is 0 Å². The molecule has 0 radical (unpaired) electrons. The highest BCUT2D eigenvalue weighted by molar-refractivity contribution is 5.82. The fourth-order valence-electron chi connectivity index (χ4n) is 5.16. The Morgan fingerprint density at radius 2 is 1.79 bits per heavy atom. The van der Waals surface area contributed by atoms with Crippen LogP contribution in [0.4, 0.5) is 4.39 Å². The van der Waals surface area contributed by atoms with E-state index < -0.39 is 0 Å². The van der Waals surface area contributed by atoms with Crippen molar-refractivity contribution in [1.82, 2.24) is 20.5 Å². The van der Waals surface area contributed by atoms with Gasteiger partial charge in [-0.05, 0) is 59.7 Å². The van der Waals surface area contributed by atoms with Crippen molar-refractivity contribution in [1.29, 1.82) is 0 Å². The number of aromatic nitrogens is 1. The highest BCUT2D eigenvalue weighted by atomic mass is 19.1. The van der Waals surface area contributed by atoms with E-state index in [0.29, 0.717) is 19.1 Å². The van der Waals surface area contributed by atoms with Gasteiger partial charge in [0.1, 0.15) is 5.82 Å². The van der Waals surface area contributed by atoms with Crippen LogP contribution < -0.4 is 10.6 Å². The normalized spacial score (nSPS) is 20.6. The Kier molecular flexibility index (Phi) is 6.46. The van der Waals surface area contributed by atoms with Crippen molar-refractivity contribution < 1.29 is 9.18 Å². The fourth-order valence-corrected chi connectivity index (χ4v) is 5.16. The average Bonchev–Trinajstić information content (AvgIpc) is 3.46. The van der Waals surface area contributed by atoms with Gasteiger partial charge in [0.05, 0.1) is 6.04 Å². The predicted molar refractivity (Wildman–Crippen MR) is 126 cm³/mol. The van der Waals surface area contributed by atoms with Gasteiger partial charge in [-0.3, -0.25) is 14.7 Å². The molecule has 2 N–H and O–H groups in total. The summed E-state index contributed by atoms with van der Waals surface area (Å²) in [6.45, 7) is 1.87. The second-order valence-corrected chi connectivity index (χ2v) is 9.07. The first-order valence-electron chi connectivity index (χ1n) is 11.6. The SMILES string of the molecule is O=C(NCc1cccnc1)[C@@H]1C[C@H](NCc2cccc(F)c2)CN1C1Cc2ccccc2C1. The molecule has 170 valence electrons. The second-order valence-electron chi connectivity index (χ2n) is 9.07. The summed E-state index contributed by atoms with van der Waals surface area (Å²) in [5.74, 6) is -0.163. The molecule has 3 aromatic rings. The van der Waals surface area contributed by atoms with Crippen molar-refractivity contribution in [3.8, 4) is 0 Å². The highest BCUT2D eigenvalue weighted by Gasteiger charge is 2.41.